The molecule has 2 saturated heterocycles. The van der Waals surface area contributed by atoms with Crippen LogP contribution < -0.4 is 9.47 Å². The predicted octanol–water partition coefficient (Wildman–Crippen LogP) is 3.31. The van der Waals surface area contributed by atoms with Gasteiger partial charge < -0.3 is 18.8 Å². The Morgan fingerprint density at radius 3 is 2.47 bits per heavy atom. The standard InChI is InChI=1S/C25H30N4O6S/c1-16-10-13-21(35-16)25-27-26-22(29(25)24-19(33-2)7-5-8-20(24)34-3)15-36(31,32)18-12-11-17-6-4-9-23(30)28(17)14-18/h5,7-8,10,13,17-18H,4,6,9,11-12,14-15H2,1-3H3/t17-,18+/m1/s1. The Balaban J connectivity index is 1.56. The first-order valence-electron chi connectivity index (χ1n) is 12.1. The summed E-state index contributed by atoms with van der Waals surface area (Å²) in [7, 11) is -0.610. The highest BCUT2D eigenvalue weighted by atomic mass is 32.2. The van der Waals surface area contributed by atoms with Crippen molar-refractivity contribution < 1.29 is 27.1 Å². The summed E-state index contributed by atoms with van der Waals surface area (Å²) in [4.78, 5) is 14.2. The number of aromatic nitrogens is 3. The van der Waals surface area contributed by atoms with Gasteiger partial charge in [0, 0.05) is 19.0 Å². The molecule has 0 aliphatic carbocycles. The van der Waals surface area contributed by atoms with E-state index in [0.717, 1.165) is 12.8 Å². The van der Waals surface area contributed by atoms with E-state index >= 15 is 0 Å². The van der Waals surface area contributed by atoms with Crippen LogP contribution in [0.4, 0.5) is 0 Å². The minimum absolute atomic E-state index is 0.0450. The maximum atomic E-state index is 13.7. The zero-order chi connectivity index (χ0) is 25.4. The second-order valence-electron chi connectivity index (χ2n) is 9.30. The summed E-state index contributed by atoms with van der Waals surface area (Å²) in [5, 5.41) is 7.94. The SMILES string of the molecule is COc1cccc(OC)c1-n1c(CS(=O)(=O)[C@H]2CC[C@H]3CCCC(=O)N3C2)nnc1-c1ccc(C)o1. The molecule has 4 heterocycles. The molecular formula is C25H30N4O6S. The number of fused-ring (bicyclic) bond motifs is 1. The monoisotopic (exact) mass is 514 g/mol. The first-order valence-corrected chi connectivity index (χ1v) is 13.8. The molecule has 0 radical (unpaired) electrons. The molecule has 0 bridgehead atoms. The summed E-state index contributed by atoms with van der Waals surface area (Å²) < 4.78 is 46.0. The fourth-order valence-electron chi connectivity index (χ4n) is 5.23. The van der Waals surface area contributed by atoms with Crippen molar-refractivity contribution >= 4 is 15.7 Å². The number of rotatable bonds is 7. The van der Waals surface area contributed by atoms with Crippen LogP contribution in [-0.2, 0) is 20.4 Å². The number of para-hydroxylation sites is 1. The van der Waals surface area contributed by atoms with Crippen molar-refractivity contribution in [3.05, 3.63) is 41.9 Å². The summed E-state index contributed by atoms with van der Waals surface area (Å²) in [5.74, 6) is 2.31. The van der Waals surface area contributed by atoms with E-state index < -0.39 is 15.1 Å². The van der Waals surface area contributed by atoms with Crippen LogP contribution >= 0.6 is 0 Å². The van der Waals surface area contributed by atoms with E-state index in [1.54, 1.807) is 39.8 Å². The number of furan rings is 1. The number of nitrogens with zero attached hydrogens (tertiary/aromatic N) is 4. The van der Waals surface area contributed by atoms with Crippen LogP contribution in [0.2, 0.25) is 0 Å². The van der Waals surface area contributed by atoms with Gasteiger partial charge in [-0.15, -0.1) is 10.2 Å². The van der Waals surface area contributed by atoms with Crippen molar-refractivity contribution in [2.45, 2.75) is 56.1 Å². The van der Waals surface area contributed by atoms with Crippen molar-refractivity contribution in [1.82, 2.24) is 19.7 Å². The number of benzene rings is 1. The second-order valence-corrected chi connectivity index (χ2v) is 11.6. The summed E-state index contributed by atoms with van der Waals surface area (Å²) in [6, 6.07) is 9.02. The molecule has 0 spiro atoms. The first kappa shape index (κ1) is 24.4. The van der Waals surface area contributed by atoms with E-state index in [2.05, 4.69) is 10.2 Å². The average Bonchev–Trinajstić information content (AvgIpc) is 3.48. The van der Waals surface area contributed by atoms with E-state index in [4.69, 9.17) is 13.9 Å². The van der Waals surface area contributed by atoms with Crippen LogP contribution in [0, 0.1) is 6.92 Å². The van der Waals surface area contributed by atoms with Crippen molar-refractivity contribution in [1.29, 1.82) is 0 Å². The summed E-state index contributed by atoms with van der Waals surface area (Å²) in [6.45, 7) is 2.04. The van der Waals surface area contributed by atoms with Crippen LogP contribution in [0.5, 0.6) is 11.5 Å². The Hall–Kier alpha value is -3.34. The van der Waals surface area contributed by atoms with E-state index in [1.807, 2.05) is 6.92 Å². The minimum Gasteiger partial charge on any atom is -0.494 e. The molecule has 0 N–H and O–H groups in total. The third-order valence-electron chi connectivity index (χ3n) is 7.07. The predicted molar refractivity (Wildman–Crippen MR) is 132 cm³/mol. The van der Waals surface area contributed by atoms with Gasteiger partial charge in [0.05, 0.1) is 19.5 Å². The molecule has 2 atom stereocenters. The summed E-state index contributed by atoms with van der Waals surface area (Å²) in [5.41, 5.74) is 0.483. The normalized spacial score (nSPS) is 20.3. The molecule has 2 aromatic heterocycles. The highest BCUT2D eigenvalue weighted by Crippen LogP contribution is 2.38. The quantitative estimate of drug-likeness (QED) is 0.471. The summed E-state index contributed by atoms with van der Waals surface area (Å²) in [6.07, 6.45) is 3.51. The van der Waals surface area contributed by atoms with Crippen molar-refractivity contribution in [2.24, 2.45) is 0 Å². The lowest BCUT2D eigenvalue weighted by molar-refractivity contribution is -0.137. The Morgan fingerprint density at radius 1 is 1.06 bits per heavy atom. The number of aryl methyl sites for hydroxylation is 1. The highest BCUT2D eigenvalue weighted by molar-refractivity contribution is 7.91. The number of hydrogen-bond acceptors (Lipinski definition) is 8. The van der Waals surface area contributed by atoms with E-state index in [0.29, 0.717) is 53.8 Å². The molecular weight excluding hydrogens is 484 g/mol. The number of hydrogen-bond donors (Lipinski definition) is 0. The smallest absolute Gasteiger partial charge is 0.222 e. The minimum atomic E-state index is -3.67. The zero-order valence-electron chi connectivity index (χ0n) is 20.6. The maximum Gasteiger partial charge on any atom is 0.222 e. The molecule has 11 heteroatoms. The molecule has 5 rings (SSSR count). The number of carbonyl (C=O) groups is 1. The molecule has 0 unspecified atom stereocenters. The Bertz CT molecular complexity index is 1360. The van der Waals surface area contributed by atoms with Gasteiger partial charge in [0.25, 0.3) is 0 Å². The van der Waals surface area contributed by atoms with Crippen LogP contribution in [-0.4, -0.2) is 66.0 Å². The fourth-order valence-corrected chi connectivity index (χ4v) is 6.90. The van der Waals surface area contributed by atoms with Gasteiger partial charge in [-0.2, -0.15) is 0 Å². The van der Waals surface area contributed by atoms with Crippen LogP contribution in [0.25, 0.3) is 17.3 Å². The largest absolute Gasteiger partial charge is 0.494 e. The molecule has 3 aromatic rings. The van der Waals surface area contributed by atoms with Crippen molar-refractivity contribution in [3.8, 4) is 28.8 Å². The zero-order valence-corrected chi connectivity index (χ0v) is 21.5. The number of sulfone groups is 1. The number of amides is 1. The molecule has 2 aliphatic rings. The third kappa shape index (κ3) is 4.36. The van der Waals surface area contributed by atoms with Gasteiger partial charge in [-0.3, -0.25) is 9.36 Å². The van der Waals surface area contributed by atoms with Crippen molar-refractivity contribution in [3.63, 3.8) is 0 Å². The van der Waals surface area contributed by atoms with E-state index in [9.17, 15) is 13.2 Å². The van der Waals surface area contributed by atoms with E-state index in [1.165, 1.54) is 14.2 Å². The highest BCUT2D eigenvalue weighted by Gasteiger charge is 2.40. The van der Waals surface area contributed by atoms with Gasteiger partial charge >= 0.3 is 0 Å². The van der Waals surface area contributed by atoms with Gasteiger partial charge in [-0.25, -0.2) is 8.42 Å². The first-order chi connectivity index (χ1) is 17.3. The van der Waals surface area contributed by atoms with Crippen LogP contribution in [0.1, 0.15) is 43.7 Å². The maximum absolute atomic E-state index is 13.7. The lowest BCUT2D eigenvalue weighted by Gasteiger charge is -2.42. The van der Waals surface area contributed by atoms with Gasteiger partial charge in [0.15, 0.2) is 21.4 Å². The number of carbonyl (C=O) groups excluding carboxylic acids is 1. The topological polar surface area (TPSA) is 117 Å². The number of piperidine rings is 2. The van der Waals surface area contributed by atoms with Crippen molar-refractivity contribution in [2.75, 3.05) is 20.8 Å². The number of ether oxygens (including phenoxy) is 2. The Kier molecular flexibility index (Phi) is 6.50. The Labute approximate surface area is 210 Å². The molecule has 1 aromatic carbocycles. The molecule has 2 fully saturated rings. The second kappa shape index (κ2) is 9.61. The van der Waals surface area contributed by atoms with Crippen LogP contribution in [0.15, 0.2) is 34.7 Å². The molecule has 36 heavy (non-hydrogen) atoms. The van der Waals surface area contributed by atoms with Crippen LogP contribution in [0.3, 0.4) is 0 Å². The van der Waals surface area contributed by atoms with Gasteiger partial charge in [0.1, 0.15) is 28.7 Å². The summed E-state index contributed by atoms with van der Waals surface area (Å²) >= 11 is 0. The average molecular weight is 515 g/mol. The van der Waals surface area contributed by atoms with E-state index in [-0.39, 0.29) is 30.1 Å². The molecule has 192 valence electrons. The number of methoxy groups -OCH3 is 2. The van der Waals surface area contributed by atoms with Gasteiger partial charge in [-0.05, 0) is 56.9 Å². The molecule has 0 saturated carbocycles. The Morgan fingerprint density at radius 2 is 1.81 bits per heavy atom. The lowest BCUT2D eigenvalue weighted by Crippen LogP contribution is -2.52. The fraction of sp³-hybridized carbons (Fsp3) is 0.480. The third-order valence-corrected chi connectivity index (χ3v) is 9.13. The van der Waals surface area contributed by atoms with Gasteiger partial charge in [-0.1, -0.05) is 6.07 Å². The lowest BCUT2D eigenvalue weighted by atomic mass is 9.93. The molecule has 1 amide bonds. The van der Waals surface area contributed by atoms with Gasteiger partial charge in [0.2, 0.25) is 11.7 Å². The molecule has 10 nitrogen and oxygen atoms in total. The molecule has 2 aliphatic heterocycles.